The lowest BCUT2D eigenvalue weighted by Crippen LogP contribution is -2.26. The van der Waals surface area contributed by atoms with E-state index in [4.69, 9.17) is 18.9 Å². The van der Waals surface area contributed by atoms with Gasteiger partial charge in [0.2, 0.25) is 0 Å². The Kier molecular flexibility index (Phi) is 13.6. The van der Waals surface area contributed by atoms with E-state index in [-0.39, 0.29) is 37.6 Å². The van der Waals surface area contributed by atoms with Crippen molar-refractivity contribution in [1.82, 2.24) is 0 Å². The molecule has 0 radical (unpaired) electrons. The molecule has 224 valence electrons. The molecule has 0 spiro atoms. The maximum Gasteiger partial charge on any atom is 0.333 e. The van der Waals surface area contributed by atoms with Crippen LogP contribution in [-0.2, 0) is 24.5 Å². The maximum atomic E-state index is 11.6. The number of esters is 2. The highest BCUT2D eigenvalue weighted by Gasteiger charge is 2.32. The molecule has 0 bridgehead atoms. The first-order chi connectivity index (χ1) is 19.1. The highest BCUT2D eigenvalue weighted by molar-refractivity contribution is 9.14. The minimum absolute atomic E-state index is 0.0459. The van der Waals surface area contributed by atoms with Gasteiger partial charge in [-0.25, -0.2) is 9.59 Å². The van der Waals surface area contributed by atoms with Crippen molar-refractivity contribution in [1.29, 1.82) is 0 Å². The van der Waals surface area contributed by atoms with Crippen LogP contribution in [0.2, 0.25) is 0 Å². The van der Waals surface area contributed by atoms with Gasteiger partial charge in [0, 0.05) is 25.5 Å². The molecule has 0 amide bonds. The number of benzene rings is 2. The quantitative estimate of drug-likeness (QED) is 0.122. The topological polar surface area (TPSA) is 112 Å². The van der Waals surface area contributed by atoms with Crippen molar-refractivity contribution in [2.75, 3.05) is 26.4 Å². The second kappa shape index (κ2) is 15.7. The van der Waals surface area contributed by atoms with Crippen LogP contribution in [-0.4, -0.2) is 60.8 Å². The summed E-state index contributed by atoms with van der Waals surface area (Å²) < 4.78 is 24.2. The third-order valence-electron chi connectivity index (χ3n) is 5.80. The van der Waals surface area contributed by atoms with Crippen LogP contribution in [0.15, 0.2) is 66.5 Å². The number of hydrogen-bond acceptors (Lipinski definition) is 8. The number of carbonyl (C=O) groups is 2. The summed E-state index contributed by atoms with van der Waals surface area (Å²) in [6.45, 7) is 13.6. The van der Waals surface area contributed by atoms with Crippen molar-refractivity contribution in [2.45, 2.75) is 45.3 Å². The zero-order chi connectivity index (χ0) is 31.1. The minimum atomic E-state index is -1.04. The number of aliphatic hydroxyl groups excluding tert-OH is 2. The monoisotopic (exact) mass is 824 g/mol. The Morgan fingerprint density at radius 3 is 1.59 bits per heavy atom. The Hall–Kier alpha value is -1.70. The molecule has 8 nitrogen and oxygen atoms in total. The molecule has 12 heteroatoms. The van der Waals surface area contributed by atoms with Crippen molar-refractivity contribution < 1.29 is 38.7 Å². The predicted molar refractivity (Wildman–Crippen MR) is 170 cm³/mol. The van der Waals surface area contributed by atoms with E-state index in [1.54, 1.807) is 12.1 Å². The van der Waals surface area contributed by atoms with E-state index >= 15 is 0 Å². The van der Waals surface area contributed by atoms with Crippen molar-refractivity contribution in [3.05, 3.63) is 77.6 Å². The summed E-state index contributed by atoms with van der Waals surface area (Å²) >= 11 is 14.6. The number of halogens is 4. The maximum absolute atomic E-state index is 11.6. The number of ether oxygens (including phenoxy) is 4. The van der Waals surface area contributed by atoms with E-state index in [0.717, 1.165) is 20.1 Å². The standard InChI is InChI=1S/C29H32Br4O8/c1-15(2)27(36)40-13-18(34)11-38-20-9-7-17(8-10-20)29(5,6)21-22(30)24(32)26(25(33)23(21)31)39-12-19(35)14-41-28(37)16(3)4/h7-10,18-19,34-35H,1,3,11-14H2,2,4-6H3. The molecule has 0 fully saturated rings. The average Bonchev–Trinajstić information content (AvgIpc) is 2.92. The van der Waals surface area contributed by atoms with Crippen molar-refractivity contribution in [2.24, 2.45) is 0 Å². The lowest BCUT2D eigenvalue weighted by molar-refractivity contribution is -0.143. The van der Waals surface area contributed by atoms with E-state index in [0.29, 0.717) is 20.4 Å². The largest absolute Gasteiger partial charge is 0.491 e. The molecular formula is C29H32Br4O8. The van der Waals surface area contributed by atoms with Crippen LogP contribution in [0.1, 0.15) is 38.8 Å². The van der Waals surface area contributed by atoms with Crippen LogP contribution < -0.4 is 9.47 Å². The fourth-order valence-electron chi connectivity index (χ4n) is 3.46. The highest BCUT2D eigenvalue weighted by atomic mass is 79.9. The molecule has 41 heavy (non-hydrogen) atoms. The van der Waals surface area contributed by atoms with E-state index in [2.05, 4.69) is 90.7 Å². The molecule has 2 rings (SSSR count). The molecule has 0 saturated carbocycles. The first kappa shape index (κ1) is 35.5. The van der Waals surface area contributed by atoms with Gasteiger partial charge in [-0.05, 0) is 101 Å². The molecule has 2 aromatic rings. The molecule has 0 aliphatic rings. The van der Waals surface area contributed by atoms with Crippen LogP contribution in [0.5, 0.6) is 11.5 Å². The highest BCUT2D eigenvalue weighted by Crippen LogP contribution is 2.51. The summed E-state index contributed by atoms with van der Waals surface area (Å²) in [6, 6.07) is 7.46. The van der Waals surface area contributed by atoms with E-state index < -0.39 is 29.6 Å². The lowest BCUT2D eigenvalue weighted by Gasteiger charge is -2.30. The molecule has 2 aromatic carbocycles. The number of carbonyl (C=O) groups excluding carboxylic acids is 2. The summed E-state index contributed by atoms with van der Waals surface area (Å²) in [4.78, 5) is 23.1. The van der Waals surface area contributed by atoms with E-state index in [1.165, 1.54) is 13.8 Å². The van der Waals surface area contributed by atoms with Gasteiger partial charge >= 0.3 is 11.9 Å². The van der Waals surface area contributed by atoms with Crippen molar-refractivity contribution in [3.8, 4) is 11.5 Å². The number of aliphatic hydroxyl groups is 2. The molecule has 0 aromatic heterocycles. The van der Waals surface area contributed by atoms with Gasteiger partial charge in [0.15, 0.2) is 0 Å². The van der Waals surface area contributed by atoms with Gasteiger partial charge in [0.05, 0.1) is 8.95 Å². The third kappa shape index (κ3) is 9.65. The summed E-state index contributed by atoms with van der Waals surface area (Å²) in [5, 5.41) is 20.3. The Bertz CT molecular complexity index is 1260. The zero-order valence-electron chi connectivity index (χ0n) is 23.1. The van der Waals surface area contributed by atoms with Crippen LogP contribution in [0.25, 0.3) is 0 Å². The first-order valence-corrected chi connectivity index (χ1v) is 15.5. The van der Waals surface area contributed by atoms with Gasteiger partial charge < -0.3 is 29.2 Å². The zero-order valence-corrected chi connectivity index (χ0v) is 29.4. The average molecular weight is 828 g/mol. The van der Waals surface area contributed by atoms with Gasteiger partial charge in [0.1, 0.15) is 50.1 Å². The molecule has 0 saturated heterocycles. The van der Waals surface area contributed by atoms with Crippen molar-refractivity contribution in [3.63, 3.8) is 0 Å². The molecular weight excluding hydrogens is 796 g/mol. The number of rotatable bonds is 14. The molecule has 2 atom stereocenters. The molecule has 0 heterocycles. The van der Waals surface area contributed by atoms with E-state index in [9.17, 15) is 19.8 Å². The summed E-state index contributed by atoms with van der Waals surface area (Å²) in [5.41, 5.74) is 1.89. The lowest BCUT2D eigenvalue weighted by atomic mass is 9.78. The van der Waals surface area contributed by atoms with E-state index in [1.807, 2.05) is 12.1 Å². The Balaban J connectivity index is 2.15. The first-order valence-electron chi connectivity index (χ1n) is 12.3. The van der Waals surface area contributed by atoms with Crippen LogP contribution in [0.4, 0.5) is 0 Å². The van der Waals surface area contributed by atoms with Gasteiger partial charge in [-0.3, -0.25) is 0 Å². The van der Waals surface area contributed by atoms with Gasteiger partial charge in [-0.15, -0.1) is 0 Å². The summed E-state index contributed by atoms with van der Waals surface area (Å²) in [7, 11) is 0. The normalized spacial score (nSPS) is 12.7. The minimum Gasteiger partial charge on any atom is -0.491 e. The molecule has 0 aliphatic heterocycles. The Labute approximate surface area is 273 Å². The molecule has 0 aliphatic carbocycles. The molecule has 2 unspecified atom stereocenters. The van der Waals surface area contributed by atoms with Crippen LogP contribution in [0, 0.1) is 0 Å². The van der Waals surface area contributed by atoms with Gasteiger partial charge in [-0.1, -0.05) is 39.1 Å². The second-order valence-corrected chi connectivity index (χ2v) is 13.0. The predicted octanol–water partition coefficient (Wildman–Crippen LogP) is 6.78. The molecule has 2 N–H and O–H groups in total. The second-order valence-electron chi connectivity index (χ2n) is 9.80. The van der Waals surface area contributed by atoms with Gasteiger partial charge in [-0.2, -0.15) is 0 Å². The number of hydrogen-bond donors (Lipinski definition) is 2. The Morgan fingerprint density at radius 2 is 1.17 bits per heavy atom. The van der Waals surface area contributed by atoms with Gasteiger partial charge in [0.25, 0.3) is 0 Å². The smallest absolute Gasteiger partial charge is 0.333 e. The fraction of sp³-hybridized carbons (Fsp3) is 0.379. The van der Waals surface area contributed by atoms with Crippen molar-refractivity contribution >= 4 is 75.7 Å². The van der Waals surface area contributed by atoms with Crippen LogP contribution in [0.3, 0.4) is 0 Å². The summed E-state index contributed by atoms with van der Waals surface area (Å²) in [6.07, 6.45) is -2.02. The fourth-order valence-corrected chi connectivity index (χ4v) is 6.76. The third-order valence-corrected chi connectivity index (χ3v) is 9.96. The Morgan fingerprint density at radius 1 is 0.756 bits per heavy atom. The SMILES string of the molecule is C=C(C)C(=O)OCC(O)COc1ccc(C(C)(C)c2c(Br)c(Br)c(OCC(O)COC(=O)C(=C)C)c(Br)c2Br)cc1. The van der Waals surface area contributed by atoms with Crippen LogP contribution >= 0.6 is 63.7 Å². The summed E-state index contributed by atoms with van der Waals surface area (Å²) in [5.74, 6) is -0.149.